The highest BCUT2D eigenvalue weighted by molar-refractivity contribution is 8.45. The SMILES string of the molecule is CNC(=O)c1cc(Oc2ccc(NC(=O)Nc3cc(S(F)(F)(F)(F)F)ccc3Cl)cc2)ccn1. The van der Waals surface area contributed by atoms with Gasteiger partial charge in [-0.1, -0.05) is 31.0 Å². The van der Waals surface area contributed by atoms with Gasteiger partial charge in [0.15, 0.2) is 0 Å². The van der Waals surface area contributed by atoms with Gasteiger partial charge in [0.25, 0.3) is 5.91 Å². The first kappa shape index (κ1) is 25.1. The summed E-state index contributed by atoms with van der Waals surface area (Å²) in [5, 5.41) is 6.41. The summed E-state index contributed by atoms with van der Waals surface area (Å²) in [4.78, 5) is 25.5. The number of benzene rings is 2. The molecule has 0 radical (unpaired) electrons. The van der Waals surface area contributed by atoms with Gasteiger partial charge in [0.2, 0.25) is 0 Å². The molecule has 7 nitrogen and oxygen atoms in total. The number of amides is 3. The lowest BCUT2D eigenvalue weighted by molar-refractivity contribution is 0.0957. The minimum Gasteiger partial charge on any atom is -0.457 e. The predicted molar refractivity (Wildman–Crippen MR) is 120 cm³/mol. The van der Waals surface area contributed by atoms with Crippen LogP contribution >= 0.6 is 21.8 Å². The van der Waals surface area contributed by atoms with E-state index in [1.54, 1.807) is 0 Å². The second-order valence-electron chi connectivity index (χ2n) is 6.77. The van der Waals surface area contributed by atoms with Crippen molar-refractivity contribution < 1.29 is 33.8 Å². The van der Waals surface area contributed by atoms with Gasteiger partial charge in [-0.25, -0.2) is 4.79 Å². The molecule has 14 heteroatoms. The quantitative estimate of drug-likeness (QED) is 0.299. The van der Waals surface area contributed by atoms with Gasteiger partial charge in [0.05, 0.1) is 10.7 Å². The van der Waals surface area contributed by atoms with E-state index in [2.05, 4.69) is 15.6 Å². The summed E-state index contributed by atoms with van der Waals surface area (Å²) in [6, 6.07) is 8.54. The molecule has 1 heterocycles. The van der Waals surface area contributed by atoms with E-state index < -0.39 is 32.7 Å². The van der Waals surface area contributed by atoms with Gasteiger partial charge in [-0.2, -0.15) is 0 Å². The zero-order chi connectivity index (χ0) is 25.2. The smallest absolute Gasteiger partial charge is 0.323 e. The fourth-order valence-electron chi connectivity index (χ4n) is 2.59. The van der Waals surface area contributed by atoms with Crippen LogP contribution in [0.15, 0.2) is 65.7 Å². The van der Waals surface area contributed by atoms with Crippen LogP contribution in [0.4, 0.5) is 35.6 Å². The van der Waals surface area contributed by atoms with Crippen molar-refractivity contribution in [3.63, 3.8) is 0 Å². The summed E-state index contributed by atoms with van der Waals surface area (Å²) in [6.45, 7) is 0. The number of pyridine rings is 1. The summed E-state index contributed by atoms with van der Waals surface area (Å²) >= 11 is 5.73. The largest absolute Gasteiger partial charge is 0.457 e. The number of urea groups is 1. The zero-order valence-corrected chi connectivity index (χ0v) is 18.7. The Labute approximate surface area is 195 Å². The Balaban J connectivity index is 1.68. The van der Waals surface area contributed by atoms with E-state index in [9.17, 15) is 29.0 Å². The Morgan fingerprint density at radius 2 is 1.59 bits per heavy atom. The molecular formula is C20H16ClF5N4O3S. The van der Waals surface area contributed by atoms with E-state index in [1.165, 1.54) is 49.6 Å². The number of nitrogens with one attached hydrogen (secondary N) is 3. The summed E-state index contributed by atoms with van der Waals surface area (Å²) in [6.07, 6.45) is 1.39. The molecule has 3 rings (SSSR count). The van der Waals surface area contributed by atoms with Crippen LogP contribution in [0.1, 0.15) is 10.5 Å². The summed E-state index contributed by atoms with van der Waals surface area (Å²) < 4.78 is 70.7. The number of ether oxygens (including phenoxy) is 1. The van der Waals surface area contributed by atoms with Crippen molar-refractivity contribution in [1.29, 1.82) is 0 Å². The molecule has 0 aliphatic heterocycles. The molecule has 0 spiro atoms. The third-order valence-electron chi connectivity index (χ3n) is 4.17. The normalized spacial score (nSPS) is 13.3. The molecule has 0 atom stereocenters. The van der Waals surface area contributed by atoms with Crippen molar-refractivity contribution in [2.45, 2.75) is 4.90 Å². The van der Waals surface area contributed by atoms with E-state index in [0.29, 0.717) is 17.6 Å². The number of carbonyl (C=O) groups is 2. The van der Waals surface area contributed by atoms with Gasteiger partial charge in [-0.3, -0.25) is 9.78 Å². The molecule has 0 saturated heterocycles. The lowest BCUT2D eigenvalue weighted by atomic mass is 10.3. The molecule has 0 bridgehead atoms. The van der Waals surface area contributed by atoms with Crippen molar-refractivity contribution in [2.75, 3.05) is 17.7 Å². The molecule has 0 fully saturated rings. The molecule has 0 aliphatic rings. The van der Waals surface area contributed by atoms with Crippen LogP contribution in [0.5, 0.6) is 11.5 Å². The van der Waals surface area contributed by atoms with Crippen molar-refractivity contribution >= 4 is 45.1 Å². The molecule has 0 unspecified atom stereocenters. The van der Waals surface area contributed by atoms with E-state index in [-0.39, 0.29) is 28.5 Å². The number of hydrogen-bond acceptors (Lipinski definition) is 4. The fourth-order valence-corrected chi connectivity index (χ4v) is 3.42. The molecule has 34 heavy (non-hydrogen) atoms. The maximum absolute atomic E-state index is 13.0. The van der Waals surface area contributed by atoms with Crippen LogP contribution in [0.3, 0.4) is 0 Å². The summed E-state index contributed by atoms with van der Waals surface area (Å²) in [5.41, 5.74) is -0.289. The van der Waals surface area contributed by atoms with Gasteiger partial charge in [-0.15, -0.1) is 0 Å². The minimum absolute atomic E-state index is 0.0716. The third-order valence-corrected chi connectivity index (χ3v) is 5.64. The van der Waals surface area contributed by atoms with Gasteiger partial charge in [0.1, 0.15) is 22.1 Å². The van der Waals surface area contributed by atoms with E-state index in [1.807, 2.05) is 5.32 Å². The highest BCUT2D eigenvalue weighted by Crippen LogP contribution is 3.02. The average Bonchev–Trinajstić information content (AvgIpc) is 2.74. The highest BCUT2D eigenvalue weighted by atomic mass is 35.5. The zero-order valence-electron chi connectivity index (χ0n) is 17.1. The van der Waals surface area contributed by atoms with Crippen molar-refractivity contribution in [2.24, 2.45) is 0 Å². The number of hydrogen-bond donors (Lipinski definition) is 3. The number of halogens is 6. The maximum Gasteiger partial charge on any atom is 0.323 e. The number of carbonyl (C=O) groups excluding carboxylic acids is 2. The fraction of sp³-hybridized carbons (Fsp3) is 0.0500. The lowest BCUT2D eigenvalue weighted by Gasteiger charge is -2.40. The Morgan fingerprint density at radius 3 is 2.21 bits per heavy atom. The minimum atomic E-state index is -9.95. The first-order chi connectivity index (χ1) is 15.6. The number of nitrogens with zero attached hydrogens (tertiary/aromatic N) is 1. The van der Waals surface area contributed by atoms with Crippen LogP contribution in [-0.2, 0) is 0 Å². The van der Waals surface area contributed by atoms with Crippen LogP contribution < -0.4 is 20.7 Å². The van der Waals surface area contributed by atoms with Gasteiger partial charge < -0.3 is 20.7 Å². The van der Waals surface area contributed by atoms with Crippen LogP contribution in [0, 0.1) is 0 Å². The van der Waals surface area contributed by atoms with Crippen molar-refractivity contribution in [3.05, 3.63) is 71.5 Å². The molecule has 0 aliphatic carbocycles. The first-order valence-corrected chi connectivity index (χ1v) is 11.6. The lowest BCUT2D eigenvalue weighted by Crippen LogP contribution is -2.20. The van der Waals surface area contributed by atoms with Gasteiger partial charge >= 0.3 is 16.3 Å². The monoisotopic (exact) mass is 522 g/mol. The molecule has 1 aromatic heterocycles. The third kappa shape index (κ3) is 6.48. The second kappa shape index (κ2) is 8.33. The number of aromatic nitrogens is 1. The van der Waals surface area contributed by atoms with E-state index in [4.69, 9.17) is 16.3 Å². The highest BCUT2D eigenvalue weighted by Gasteiger charge is 2.65. The Bertz CT molecular complexity index is 1260. The molecular weight excluding hydrogens is 507 g/mol. The predicted octanol–water partition coefficient (Wildman–Crippen LogP) is 7.19. The Hall–Kier alpha value is -3.58. The van der Waals surface area contributed by atoms with Crippen LogP contribution in [0.25, 0.3) is 0 Å². The molecule has 0 saturated carbocycles. The molecule has 3 amide bonds. The topological polar surface area (TPSA) is 92.4 Å². The Kier molecular flexibility index (Phi) is 6.14. The second-order valence-corrected chi connectivity index (χ2v) is 9.59. The molecule has 3 N–H and O–H groups in total. The number of rotatable bonds is 6. The molecule has 182 valence electrons. The van der Waals surface area contributed by atoms with Crippen molar-refractivity contribution in [1.82, 2.24) is 10.3 Å². The standard InChI is InChI=1S/C20H16ClF5N4O3S/c1-27-19(31)18-10-14(8-9-28-18)33-13-4-2-12(3-5-13)29-20(32)30-17-11-15(6-7-16(17)21)34(22,23,24,25)26/h2-11H,1H3,(H,27,31)(H2,29,30,32). The summed E-state index contributed by atoms with van der Waals surface area (Å²) in [7, 11) is -8.49. The average molecular weight is 523 g/mol. The number of anilines is 2. The van der Waals surface area contributed by atoms with Crippen LogP contribution in [-0.4, -0.2) is 24.0 Å². The van der Waals surface area contributed by atoms with Crippen LogP contribution in [0.2, 0.25) is 5.02 Å². The van der Waals surface area contributed by atoms with Gasteiger partial charge in [0, 0.05) is 25.0 Å². The molecule has 3 aromatic rings. The Morgan fingerprint density at radius 1 is 0.912 bits per heavy atom. The van der Waals surface area contributed by atoms with E-state index >= 15 is 0 Å². The first-order valence-electron chi connectivity index (χ1n) is 9.22. The summed E-state index contributed by atoms with van der Waals surface area (Å²) in [5.74, 6) is 0.263. The van der Waals surface area contributed by atoms with Crippen molar-refractivity contribution in [3.8, 4) is 11.5 Å². The van der Waals surface area contributed by atoms with E-state index in [0.717, 1.165) is 0 Å². The maximum atomic E-state index is 13.0. The van der Waals surface area contributed by atoms with Gasteiger partial charge in [-0.05, 0) is 48.5 Å². The molecule has 2 aromatic carbocycles.